The van der Waals surface area contributed by atoms with Gasteiger partial charge in [0.15, 0.2) is 11.5 Å². The molecule has 26 heavy (non-hydrogen) atoms. The van der Waals surface area contributed by atoms with Gasteiger partial charge in [-0.3, -0.25) is 14.5 Å². The van der Waals surface area contributed by atoms with E-state index in [-0.39, 0.29) is 12.5 Å². The Morgan fingerprint density at radius 3 is 2.58 bits per heavy atom. The van der Waals surface area contributed by atoms with Crippen molar-refractivity contribution in [1.82, 2.24) is 4.90 Å². The van der Waals surface area contributed by atoms with Gasteiger partial charge in [-0.25, -0.2) is 0 Å². The Morgan fingerprint density at radius 2 is 1.92 bits per heavy atom. The van der Waals surface area contributed by atoms with Crippen LogP contribution in [0.3, 0.4) is 0 Å². The highest BCUT2D eigenvalue weighted by Gasteiger charge is 2.14. The monoisotopic (exact) mass is 377 g/mol. The number of thiophene rings is 1. The summed E-state index contributed by atoms with van der Waals surface area (Å²) in [7, 11) is 5.06. The molecule has 0 saturated heterocycles. The highest BCUT2D eigenvalue weighted by molar-refractivity contribution is 7.14. The first-order valence-corrected chi connectivity index (χ1v) is 8.89. The zero-order valence-corrected chi connectivity index (χ0v) is 15.9. The van der Waals surface area contributed by atoms with E-state index in [1.807, 2.05) is 30.1 Å². The van der Waals surface area contributed by atoms with Gasteiger partial charge in [0, 0.05) is 6.54 Å². The number of benzene rings is 1. The number of hydrogen-bond acceptors (Lipinski definition) is 6. The lowest BCUT2D eigenvalue weighted by atomic mass is 10.1. The van der Waals surface area contributed by atoms with E-state index >= 15 is 0 Å². The van der Waals surface area contributed by atoms with Gasteiger partial charge in [-0.15, -0.1) is 11.3 Å². The van der Waals surface area contributed by atoms with Gasteiger partial charge in [-0.2, -0.15) is 0 Å². The number of carbonyl (C=O) groups excluding carboxylic acids is 2. The number of amides is 2. The fraction of sp³-hybridized carbons (Fsp3) is 0.333. The maximum Gasteiger partial charge on any atom is 0.251 e. The molecular formula is C18H23N3O4S. The van der Waals surface area contributed by atoms with Crippen LogP contribution >= 0.6 is 11.3 Å². The third-order valence-corrected chi connectivity index (χ3v) is 4.66. The first kappa shape index (κ1) is 19.7. The lowest BCUT2D eigenvalue weighted by Crippen LogP contribution is -2.31. The maximum absolute atomic E-state index is 12.2. The van der Waals surface area contributed by atoms with Crippen molar-refractivity contribution in [3.63, 3.8) is 0 Å². The van der Waals surface area contributed by atoms with Gasteiger partial charge in [0.05, 0.1) is 26.3 Å². The molecule has 1 aromatic heterocycles. The fourth-order valence-corrected chi connectivity index (χ4v) is 3.26. The van der Waals surface area contributed by atoms with E-state index in [0.717, 1.165) is 12.0 Å². The van der Waals surface area contributed by atoms with E-state index in [4.69, 9.17) is 15.2 Å². The van der Waals surface area contributed by atoms with Gasteiger partial charge in [-0.05, 0) is 42.6 Å². The minimum Gasteiger partial charge on any atom is -0.493 e. The third-order valence-electron chi connectivity index (χ3n) is 3.83. The number of anilines is 1. The average Bonchev–Trinajstić information content (AvgIpc) is 3.07. The minimum atomic E-state index is -0.552. The summed E-state index contributed by atoms with van der Waals surface area (Å²) >= 11 is 1.27. The first-order chi connectivity index (χ1) is 12.4. The summed E-state index contributed by atoms with van der Waals surface area (Å²) in [5.41, 5.74) is 6.70. The van der Waals surface area contributed by atoms with Crippen LogP contribution in [0.1, 0.15) is 15.9 Å². The molecule has 2 rings (SSSR count). The Kier molecular flexibility index (Phi) is 6.99. The summed E-state index contributed by atoms with van der Waals surface area (Å²) in [6.07, 6.45) is 0.760. The molecule has 0 spiro atoms. The Hall–Kier alpha value is -2.58. The molecule has 0 bridgehead atoms. The van der Waals surface area contributed by atoms with Crippen LogP contribution in [0.25, 0.3) is 0 Å². The quantitative estimate of drug-likeness (QED) is 0.697. The van der Waals surface area contributed by atoms with Gasteiger partial charge in [0.25, 0.3) is 5.91 Å². The molecule has 1 aromatic carbocycles. The van der Waals surface area contributed by atoms with E-state index < -0.39 is 5.91 Å². The van der Waals surface area contributed by atoms with Crippen LogP contribution < -0.4 is 20.5 Å². The number of hydrogen-bond donors (Lipinski definition) is 2. The summed E-state index contributed by atoms with van der Waals surface area (Å²) in [6, 6.07) is 7.37. The van der Waals surface area contributed by atoms with E-state index in [2.05, 4.69) is 5.32 Å². The van der Waals surface area contributed by atoms with E-state index in [1.165, 1.54) is 11.3 Å². The highest BCUT2D eigenvalue weighted by atomic mass is 32.1. The van der Waals surface area contributed by atoms with Crippen molar-refractivity contribution in [1.29, 1.82) is 0 Å². The van der Waals surface area contributed by atoms with Crippen molar-refractivity contribution in [3.8, 4) is 11.5 Å². The second-order valence-corrected chi connectivity index (χ2v) is 6.67. The smallest absolute Gasteiger partial charge is 0.251 e. The Bertz CT molecular complexity index is 776. The number of ether oxygens (including phenoxy) is 2. The number of rotatable bonds is 9. The molecule has 8 heteroatoms. The number of primary amides is 1. The largest absolute Gasteiger partial charge is 0.493 e. The van der Waals surface area contributed by atoms with Gasteiger partial charge in [0.2, 0.25) is 5.91 Å². The molecule has 2 aromatic rings. The zero-order valence-electron chi connectivity index (χ0n) is 15.1. The highest BCUT2D eigenvalue weighted by Crippen LogP contribution is 2.27. The Morgan fingerprint density at radius 1 is 1.19 bits per heavy atom. The van der Waals surface area contributed by atoms with Crippen molar-refractivity contribution < 1.29 is 19.1 Å². The molecule has 0 aliphatic carbocycles. The van der Waals surface area contributed by atoms with Crippen LogP contribution in [0.5, 0.6) is 11.5 Å². The summed E-state index contributed by atoms with van der Waals surface area (Å²) in [5.74, 6) is 0.625. The number of methoxy groups -OCH3 is 2. The van der Waals surface area contributed by atoms with E-state index in [1.54, 1.807) is 25.7 Å². The zero-order chi connectivity index (χ0) is 19.1. The van der Waals surface area contributed by atoms with Crippen molar-refractivity contribution in [2.24, 2.45) is 5.73 Å². The topological polar surface area (TPSA) is 93.9 Å². The van der Waals surface area contributed by atoms with Crippen LogP contribution in [0.15, 0.2) is 29.6 Å². The molecule has 3 N–H and O–H groups in total. The van der Waals surface area contributed by atoms with Crippen LogP contribution in [-0.2, 0) is 11.2 Å². The molecule has 0 saturated carbocycles. The summed E-state index contributed by atoms with van der Waals surface area (Å²) in [5, 5.41) is 4.94. The number of carbonyl (C=O) groups is 2. The molecule has 7 nitrogen and oxygen atoms in total. The average molecular weight is 377 g/mol. The van der Waals surface area contributed by atoms with Crippen molar-refractivity contribution in [2.45, 2.75) is 6.42 Å². The lowest BCUT2D eigenvalue weighted by Gasteiger charge is -2.17. The fourth-order valence-electron chi connectivity index (χ4n) is 2.45. The predicted octanol–water partition coefficient (Wildman–Crippen LogP) is 1.98. The summed E-state index contributed by atoms with van der Waals surface area (Å²) in [4.78, 5) is 25.4. The summed E-state index contributed by atoms with van der Waals surface area (Å²) in [6.45, 7) is 0.902. The molecule has 0 atom stereocenters. The normalized spacial score (nSPS) is 10.6. The van der Waals surface area contributed by atoms with Crippen LogP contribution in [0.2, 0.25) is 0 Å². The first-order valence-electron chi connectivity index (χ1n) is 8.01. The van der Waals surface area contributed by atoms with Crippen molar-refractivity contribution in [2.75, 3.05) is 39.7 Å². The van der Waals surface area contributed by atoms with Crippen molar-refractivity contribution in [3.05, 3.63) is 40.8 Å². The standard InChI is InChI=1S/C18H23N3O4S/c1-21(8-6-12-4-5-14(24-2)15(10-12)25-3)11-16(22)20-18-13(17(19)23)7-9-26-18/h4-5,7,9-10H,6,8,11H2,1-3H3,(H2,19,23)(H,20,22). The molecule has 0 aliphatic rings. The molecule has 140 valence electrons. The number of nitrogens with two attached hydrogens (primary N) is 1. The second kappa shape index (κ2) is 9.21. The lowest BCUT2D eigenvalue weighted by molar-refractivity contribution is -0.117. The molecule has 0 radical (unpaired) electrons. The van der Waals surface area contributed by atoms with E-state index in [9.17, 15) is 9.59 Å². The third kappa shape index (κ3) is 5.21. The molecule has 0 aliphatic heterocycles. The minimum absolute atomic E-state index is 0.190. The van der Waals surface area contributed by atoms with E-state index in [0.29, 0.717) is 28.6 Å². The van der Waals surface area contributed by atoms with Crippen LogP contribution in [0.4, 0.5) is 5.00 Å². The predicted molar refractivity (Wildman–Crippen MR) is 102 cm³/mol. The molecule has 0 fully saturated rings. The van der Waals surface area contributed by atoms with Crippen molar-refractivity contribution >= 4 is 28.2 Å². The van der Waals surface area contributed by atoms with Gasteiger partial charge >= 0.3 is 0 Å². The SMILES string of the molecule is COc1ccc(CCN(C)CC(=O)Nc2sccc2C(N)=O)cc1OC. The summed E-state index contributed by atoms with van der Waals surface area (Å²) < 4.78 is 10.5. The van der Waals surface area contributed by atoms with Gasteiger partial charge in [-0.1, -0.05) is 6.07 Å². The van der Waals surface area contributed by atoms with Gasteiger partial charge < -0.3 is 20.5 Å². The van der Waals surface area contributed by atoms with Crippen LogP contribution in [-0.4, -0.2) is 51.1 Å². The number of nitrogens with zero attached hydrogens (tertiary/aromatic N) is 1. The molecular weight excluding hydrogens is 354 g/mol. The maximum atomic E-state index is 12.2. The second-order valence-electron chi connectivity index (χ2n) is 5.75. The van der Waals surface area contributed by atoms with Gasteiger partial charge in [0.1, 0.15) is 5.00 Å². The van der Waals surface area contributed by atoms with Crippen LogP contribution in [0, 0.1) is 0 Å². The molecule has 0 unspecified atom stereocenters. The molecule has 1 heterocycles. The number of likely N-dealkylation sites (N-methyl/N-ethyl adjacent to an activating group) is 1. The Labute approximate surface area is 156 Å². The Balaban J connectivity index is 1.86. The number of nitrogens with one attached hydrogen (secondary N) is 1. The molecule has 2 amide bonds.